The van der Waals surface area contributed by atoms with Crippen molar-refractivity contribution in [2.75, 3.05) is 13.1 Å². The molecule has 2 aromatic rings. The Hall–Kier alpha value is -2.69. The summed E-state index contributed by atoms with van der Waals surface area (Å²) < 4.78 is 5.87. The number of nitrogens with zero attached hydrogens (tertiary/aromatic N) is 3. The zero-order valence-corrected chi connectivity index (χ0v) is 13.8. The Morgan fingerprint density at radius 2 is 1.71 bits per heavy atom. The van der Waals surface area contributed by atoms with E-state index in [1.54, 1.807) is 29.2 Å². The first-order chi connectivity index (χ1) is 11.6. The number of piperidine rings is 1. The van der Waals surface area contributed by atoms with Gasteiger partial charge in [-0.15, -0.1) is 0 Å². The first-order valence-electron chi connectivity index (χ1n) is 7.75. The van der Waals surface area contributed by atoms with Crippen molar-refractivity contribution in [1.29, 1.82) is 10.5 Å². The highest BCUT2D eigenvalue weighted by Crippen LogP contribution is 2.37. The molecule has 1 saturated heterocycles. The largest absolute Gasteiger partial charge is 0.457 e. The third kappa shape index (κ3) is 3.30. The van der Waals surface area contributed by atoms with Gasteiger partial charge < -0.3 is 9.64 Å². The molecule has 0 N–H and O–H groups in total. The molecule has 1 aliphatic heterocycles. The maximum atomic E-state index is 9.76. The Kier molecular flexibility index (Phi) is 4.60. The fourth-order valence-corrected chi connectivity index (χ4v) is 3.08. The summed E-state index contributed by atoms with van der Waals surface area (Å²) in [5.74, 6) is 1.38. The number of rotatable bonds is 3. The van der Waals surface area contributed by atoms with Crippen LogP contribution in [0.1, 0.15) is 18.4 Å². The third-order valence-electron chi connectivity index (χ3n) is 4.41. The quantitative estimate of drug-likeness (QED) is 0.775. The molecule has 24 heavy (non-hydrogen) atoms. The first kappa shape index (κ1) is 16.2. The van der Waals surface area contributed by atoms with Gasteiger partial charge in [-0.2, -0.15) is 10.5 Å². The summed E-state index contributed by atoms with van der Waals surface area (Å²) in [6.45, 7) is 1.21. The van der Waals surface area contributed by atoms with Crippen LogP contribution in [0.3, 0.4) is 0 Å². The molecule has 1 heterocycles. The number of benzene rings is 2. The standard InChI is InChI=1S/C19H16ClN3O/c20-16-4-6-17(7-5-16)24-18-3-1-2-15(12-18)19(13-21)8-10-23(14-22)11-9-19/h1-7,12H,8-11H2. The van der Waals surface area contributed by atoms with Gasteiger partial charge in [-0.3, -0.25) is 0 Å². The van der Waals surface area contributed by atoms with Crippen molar-refractivity contribution in [2.24, 2.45) is 0 Å². The minimum absolute atomic E-state index is 0.563. The van der Waals surface area contributed by atoms with Crippen molar-refractivity contribution < 1.29 is 4.74 Å². The smallest absolute Gasteiger partial charge is 0.179 e. The minimum Gasteiger partial charge on any atom is -0.457 e. The van der Waals surface area contributed by atoms with E-state index in [1.165, 1.54) is 0 Å². The molecule has 2 aromatic carbocycles. The predicted molar refractivity (Wildman–Crippen MR) is 91.7 cm³/mol. The number of ether oxygens (including phenoxy) is 1. The van der Waals surface area contributed by atoms with Crippen LogP contribution in [0, 0.1) is 22.8 Å². The molecular formula is C19H16ClN3O. The van der Waals surface area contributed by atoms with Crippen molar-refractivity contribution in [2.45, 2.75) is 18.3 Å². The zero-order chi connectivity index (χ0) is 17.0. The lowest BCUT2D eigenvalue weighted by molar-refractivity contribution is 0.255. The van der Waals surface area contributed by atoms with Crippen LogP contribution in [0.5, 0.6) is 11.5 Å². The summed E-state index contributed by atoms with van der Waals surface area (Å²) in [6.07, 6.45) is 3.43. The van der Waals surface area contributed by atoms with Crippen LogP contribution in [-0.2, 0) is 5.41 Å². The Bertz CT molecular complexity index is 797. The van der Waals surface area contributed by atoms with Gasteiger partial charge in [0.1, 0.15) is 11.5 Å². The molecular weight excluding hydrogens is 322 g/mol. The second kappa shape index (κ2) is 6.83. The molecule has 0 unspecified atom stereocenters. The summed E-state index contributed by atoms with van der Waals surface area (Å²) in [7, 11) is 0. The molecule has 0 atom stereocenters. The van der Waals surface area contributed by atoms with Gasteiger partial charge >= 0.3 is 0 Å². The predicted octanol–water partition coefficient (Wildman–Crippen LogP) is 4.47. The Balaban J connectivity index is 1.83. The molecule has 1 aliphatic rings. The van der Waals surface area contributed by atoms with E-state index in [0.717, 1.165) is 5.56 Å². The highest BCUT2D eigenvalue weighted by atomic mass is 35.5. The van der Waals surface area contributed by atoms with E-state index >= 15 is 0 Å². The highest BCUT2D eigenvalue weighted by molar-refractivity contribution is 6.30. The number of hydrogen-bond donors (Lipinski definition) is 0. The monoisotopic (exact) mass is 337 g/mol. The lowest BCUT2D eigenvalue weighted by atomic mass is 9.74. The van der Waals surface area contributed by atoms with Crippen LogP contribution < -0.4 is 4.74 Å². The maximum Gasteiger partial charge on any atom is 0.179 e. The SMILES string of the molecule is N#CN1CCC(C#N)(c2cccc(Oc3ccc(Cl)cc3)c2)CC1. The first-order valence-corrected chi connectivity index (χ1v) is 8.13. The summed E-state index contributed by atoms with van der Waals surface area (Å²) in [6, 6.07) is 17.3. The van der Waals surface area contributed by atoms with E-state index in [1.807, 2.05) is 24.3 Å². The van der Waals surface area contributed by atoms with Gasteiger partial charge in [0.25, 0.3) is 0 Å². The summed E-state index contributed by atoms with van der Waals surface area (Å²) >= 11 is 5.88. The summed E-state index contributed by atoms with van der Waals surface area (Å²) in [4.78, 5) is 1.70. The molecule has 0 aliphatic carbocycles. The van der Waals surface area contributed by atoms with Gasteiger partial charge in [-0.25, -0.2) is 0 Å². The minimum atomic E-state index is -0.563. The molecule has 0 saturated carbocycles. The van der Waals surface area contributed by atoms with E-state index in [4.69, 9.17) is 21.6 Å². The summed E-state index contributed by atoms with van der Waals surface area (Å²) in [5, 5.41) is 19.4. The number of likely N-dealkylation sites (tertiary alicyclic amines) is 1. The lowest BCUT2D eigenvalue weighted by Crippen LogP contribution is -2.39. The van der Waals surface area contributed by atoms with E-state index in [-0.39, 0.29) is 0 Å². The fraction of sp³-hybridized carbons (Fsp3) is 0.263. The second-order valence-electron chi connectivity index (χ2n) is 5.86. The van der Waals surface area contributed by atoms with Crippen LogP contribution in [-0.4, -0.2) is 18.0 Å². The summed E-state index contributed by atoms with van der Waals surface area (Å²) in [5.41, 5.74) is 0.376. The average Bonchev–Trinajstić information content (AvgIpc) is 2.64. The van der Waals surface area contributed by atoms with E-state index in [9.17, 15) is 5.26 Å². The third-order valence-corrected chi connectivity index (χ3v) is 4.66. The van der Waals surface area contributed by atoms with Gasteiger partial charge in [0.05, 0.1) is 11.5 Å². The van der Waals surface area contributed by atoms with Crippen molar-refractivity contribution >= 4 is 11.6 Å². The maximum absolute atomic E-state index is 9.76. The molecule has 0 aromatic heterocycles. The molecule has 0 bridgehead atoms. The highest BCUT2D eigenvalue weighted by Gasteiger charge is 2.36. The van der Waals surface area contributed by atoms with Crippen molar-refractivity contribution in [3.63, 3.8) is 0 Å². The van der Waals surface area contributed by atoms with Gasteiger partial charge in [-0.1, -0.05) is 23.7 Å². The molecule has 0 amide bonds. The van der Waals surface area contributed by atoms with Gasteiger partial charge in [-0.05, 0) is 54.8 Å². The van der Waals surface area contributed by atoms with Crippen molar-refractivity contribution in [1.82, 2.24) is 4.90 Å². The molecule has 4 nitrogen and oxygen atoms in total. The normalized spacial score (nSPS) is 16.0. The zero-order valence-electron chi connectivity index (χ0n) is 13.1. The fourth-order valence-electron chi connectivity index (χ4n) is 2.95. The van der Waals surface area contributed by atoms with Crippen LogP contribution in [0.25, 0.3) is 0 Å². The van der Waals surface area contributed by atoms with Gasteiger partial charge in [0.2, 0.25) is 0 Å². The van der Waals surface area contributed by atoms with E-state index < -0.39 is 5.41 Å². The average molecular weight is 338 g/mol. The molecule has 1 fully saturated rings. The van der Waals surface area contributed by atoms with Crippen LogP contribution in [0.4, 0.5) is 0 Å². The van der Waals surface area contributed by atoms with Crippen LogP contribution in [0.15, 0.2) is 48.5 Å². The van der Waals surface area contributed by atoms with Crippen LogP contribution in [0.2, 0.25) is 5.02 Å². The topological polar surface area (TPSA) is 60.0 Å². The number of halogens is 1. The van der Waals surface area contributed by atoms with Crippen molar-refractivity contribution in [3.8, 4) is 23.8 Å². The van der Waals surface area contributed by atoms with E-state index in [0.29, 0.717) is 42.5 Å². The molecule has 3 rings (SSSR count). The Morgan fingerprint density at radius 3 is 2.33 bits per heavy atom. The van der Waals surface area contributed by atoms with Crippen LogP contribution >= 0.6 is 11.6 Å². The molecule has 5 heteroatoms. The number of hydrogen-bond acceptors (Lipinski definition) is 4. The molecule has 120 valence electrons. The molecule has 0 radical (unpaired) electrons. The van der Waals surface area contributed by atoms with Gasteiger partial charge in [0.15, 0.2) is 6.19 Å². The second-order valence-corrected chi connectivity index (χ2v) is 6.30. The number of nitriles is 2. The van der Waals surface area contributed by atoms with E-state index in [2.05, 4.69) is 12.3 Å². The van der Waals surface area contributed by atoms with Gasteiger partial charge in [0, 0.05) is 18.1 Å². The Morgan fingerprint density at radius 1 is 1.00 bits per heavy atom. The Labute approximate surface area is 146 Å². The molecule has 0 spiro atoms. The lowest BCUT2D eigenvalue weighted by Gasteiger charge is -2.35. The van der Waals surface area contributed by atoms with Crippen molar-refractivity contribution in [3.05, 3.63) is 59.1 Å².